The van der Waals surface area contributed by atoms with Crippen LogP contribution in [-0.4, -0.2) is 16.5 Å². The molecule has 56 valence electrons. The van der Waals surface area contributed by atoms with Crippen molar-refractivity contribution in [3.05, 3.63) is 12.2 Å². The second kappa shape index (κ2) is 3.06. The van der Waals surface area contributed by atoms with E-state index in [0.717, 1.165) is 6.42 Å². The second-order valence-electron chi connectivity index (χ2n) is 2.42. The lowest BCUT2D eigenvalue weighted by Gasteiger charge is -2.14. The highest BCUT2D eigenvalue weighted by atomic mass is 35.5. The molecule has 1 N–H and O–H groups in total. The maximum Gasteiger partial charge on any atom is 0.310 e. The van der Waals surface area contributed by atoms with E-state index in [0.29, 0.717) is 6.42 Å². The average molecular weight is 161 g/mol. The molecule has 1 aliphatic rings. The molecule has 0 unspecified atom stereocenters. The third-order valence-electron chi connectivity index (χ3n) is 1.62. The zero-order chi connectivity index (χ0) is 7.56. The van der Waals surface area contributed by atoms with Crippen LogP contribution >= 0.6 is 11.6 Å². The monoisotopic (exact) mass is 160 g/mol. The summed E-state index contributed by atoms with van der Waals surface area (Å²) in [6.07, 6.45) is 4.86. The first-order valence-electron chi connectivity index (χ1n) is 3.25. The lowest BCUT2D eigenvalue weighted by Crippen LogP contribution is -2.16. The first-order chi connectivity index (χ1) is 4.70. The smallest absolute Gasteiger partial charge is 0.310 e. The van der Waals surface area contributed by atoms with Gasteiger partial charge in [0.05, 0.1) is 11.3 Å². The van der Waals surface area contributed by atoms with Gasteiger partial charge in [0.15, 0.2) is 0 Å². The minimum Gasteiger partial charge on any atom is -0.481 e. The molecule has 0 bridgehead atoms. The summed E-state index contributed by atoms with van der Waals surface area (Å²) in [5.74, 6) is -1.06. The standard InChI is InChI=1S/C7H9ClO2/c8-6-3-1-5(2-4-6)7(9)10/h1,3,5-6H,2,4H2,(H,9,10)/t5-,6+/m1/s1. The SMILES string of the molecule is O=C(O)[C@@H]1C=C[C@H](Cl)CC1. The summed E-state index contributed by atoms with van der Waals surface area (Å²) in [5.41, 5.74) is 0. The Morgan fingerprint density at radius 1 is 1.50 bits per heavy atom. The fourth-order valence-electron chi connectivity index (χ4n) is 0.992. The van der Waals surface area contributed by atoms with Gasteiger partial charge in [0.25, 0.3) is 0 Å². The molecule has 0 aromatic carbocycles. The van der Waals surface area contributed by atoms with Crippen molar-refractivity contribution in [1.82, 2.24) is 0 Å². The quantitative estimate of drug-likeness (QED) is 0.468. The molecule has 0 fully saturated rings. The molecule has 0 saturated heterocycles. The first-order valence-corrected chi connectivity index (χ1v) is 3.69. The highest BCUT2D eigenvalue weighted by molar-refractivity contribution is 6.21. The Hall–Kier alpha value is -0.500. The molecule has 0 radical (unpaired) electrons. The summed E-state index contributed by atoms with van der Waals surface area (Å²) in [4.78, 5) is 10.4. The van der Waals surface area contributed by atoms with E-state index in [2.05, 4.69) is 0 Å². The second-order valence-corrected chi connectivity index (χ2v) is 2.98. The Kier molecular flexibility index (Phi) is 2.33. The van der Waals surface area contributed by atoms with Crippen molar-refractivity contribution in [1.29, 1.82) is 0 Å². The number of hydrogen-bond donors (Lipinski definition) is 1. The summed E-state index contributed by atoms with van der Waals surface area (Å²) in [5, 5.41) is 8.57. The van der Waals surface area contributed by atoms with Crippen LogP contribution in [0.1, 0.15) is 12.8 Å². The van der Waals surface area contributed by atoms with Crippen molar-refractivity contribution in [2.45, 2.75) is 18.2 Å². The first kappa shape index (κ1) is 7.61. The number of carboxylic acid groups (broad SMARTS) is 1. The van der Waals surface area contributed by atoms with Crippen molar-refractivity contribution >= 4 is 17.6 Å². The summed E-state index contributed by atoms with van der Waals surface area (Å²) in [7, 11) is 0. The number of hydrogen-bond acceptors (Lipinski definition) is 1. The average Bonchev–Trinajstić information content (AvgIpc) is 1.88. The molecule has 0 spiro atoms. The van der Waals surface area contributed by atoms with Crippen molar-refractivity contribution in [3.63, 3.8) is 0 Å². The van der Waals surface area contributed by atoms with Gasteiger partial charge < -0.3 is 5.11 Å². The fraction of sp³-hybridized carbons (Fsp3) is 0.571. The molecule has 2 nitrogen and oxygen atoms in total. The summed E-state index contributed by atoms with van der Waals surface area (Å²) >= 11 is 5.71. The Morgan fingerprint density at radius 3 is 2.60 bits per heavy atom. The molecule has 0 aromatic heterocycles. The van der Waals surface area contributed by atoms with E-state index in [1.165, 1.54) is 0 Å². The van der Waals surface area contributed by atoms with Crippen LogP contribution in [0, 0.1) is 5.92 Å². The lowest BCUT2D eigenvalue weighted by molar-refractivity contribution is -0.140. The van der Waals surface area contributed by atoms with Gasteiger partial charge >= 0.3 is 5.97 Å². The summed E-state index contributed by atoms with van der Waals surface area (Å²) < 4.78 is 0. The number of aliphatic carboxylic acids is 1. The van der Waals surface area contributed by atoms with Crippen molar-refractivity contribution < 1.29 is 9.90 Å². The predicted molar refractivity (Wildman–Crippen MR) is 39.1 cm³/mol. The van der Waals surface area contributed by atoms with Crippen LogP contribution in [-0.2, 0) is 4.79 Å². The largest absolute Gasteiger partial charge is 0.481 e. The fourth-order valence-corrected chi connectivity index (χ4v) is 1.20. The van der Waals surface area contributed by atoms with Gasteiger partial charge in [-0.05, 0) is 12.8 Å². The van der Waals surface area contributed by atoms with Crippen LogP contribution in [0.25, 0.3) is 0 Å². The van der Waals surface area contributed by atoms with E-state index in [9.17, 15) is 4.79 Å². The Balaban J connectivity index is 2.53. The number of allylic oxidation sites excluding steroid dienone is 1. The molecule has 3 heteroatoms. The van der Waals surface area contributed by atoms with E-state index in [1.807, 2.05) is 0 Å². The molecular formula is C7H9ClO2. The van der Waals surface area contributed by atoms with Crippen LogP contribution in [0.5, 0.6) is 0 Å². The van der Waals surface area contributed by atoms with Crippen LogP contribution in [0.2, 0.25) is 0 Å². The van der Waals surface area contributed by atoms with Crippen LogP contribution in [0.4, 0.5) is 0 Å². The molecular weight excluding hydrogens is 152 g/mol. The van der Waals surface area contributed by atoms with Gasteiger partial charge in [-0.15, -0.1) is 11.6 Å². The topological polar surface area (TPSA) is 37.3 Å². The van der Waals surface area contributed by atoms with E-state index in [4.69, 9.17) is 16.7 Å². The molecule has 0 aliphatic heterocycles. The van der Waals surface area contributed by atoms with Crippen LogP contribution in [0.3, 0.4) is 0 Å². The van der Waals surface area contributed by atoms with E-state index in [-0.39, 0.29) is 11.3 Å². The third-order valence-corrected chi connectivity index (χ3v) is 1.99. The minimum absolute atomic E-state index is 0.0376. The molecule has 0 aromatic rings. The normalized spacial score (nSPS) is 32.1. The predicted octanol–water partition coefficient (Wildman–Crippen LogP) is 1.64. The highest BCUT2D eigenvalue weighted by Crippen LogP contribution is 2.20. The summed E-state index contributed by atoms with van der Waals surface area (Å²) in [6, 6.07) is 0. The molecule has 0 heterocycles. The molecule has 0 amide bonds. The van der Waals surface area contributed by atoms with Gasteiger partial charge in [0, 0.05) is 0 Å². The third kappa shape index (κ3) is 1.74. The maximum absolute atomic E-state index is 10.4. The molecule has 0 saturated carbocycles. The number of alkyl halides is 1. The summed E-state index contributed by atoms with van der Waals surface area (Å²) in [6.45, 7) is 0. The Labute approximate surface area is 64.5 Å². The van der Waals surface area contributed by atoms with E-state index in [1.54, 1.807) is 12.2 Å². The molecule has 10 heavy (non-hydrogen) atoms. The number of rotatable bonds is 1. The number of carbonyl (C=O) groups is 1. The van der Waals surface area contributed by atoms with E-state index < -0.39 is 5.97 Å². The van der Waals surface area contributed by atoms with Gasteiger partial charge in [-0.1, -0.05) is 12.2 Å². The number of halogens is 1. The van der Waals surface area contributed by atoms with Gasteiger partial charge in [0.2, 0.25) is 0 Å². The Bertz CT molecular complexity index is 165. The van der Waals surface area contributed by atoms with Gasteiger partial charge in [-0.2, -0.15) is 0 Å². The van der Waals surface area contributed by atoms with Gasteiger partial charge in [0.1, 0.15) is 0 Å². The highest BCUT2D eigenvalue weighted by Gasteiger charge is 2.18. The molecule has 2 atom stereocenters. The van der Waals surface area contributed by atoms with Gasteiger partial charge in [-0.3, -0.25) is 4.79 Å². The van der Waals surface area contributed by atoms with Crippen molar-refractivity contribution in [2.75, 3.05) is 0 Å². The van der Waals surface area contributed by atoms with Gasteiger partial charge in [-0.25, -0.2) is 0 Å². The lowest BCUT2D eigenvalue weighted by atomic mass is 9.96. The Morgan fingerprint density at radius 2 is 2.20 bits per heavy atom. The van der Waals surface area contributed by atoms with Crippen molar-refractivity contribution in [3.8, 4) is 0 Å². The van der Waals surface area contributed by atoms with Crippen LogP contribution in [0.15, 0.2) is 12.2 Å². The van der Waals surface area contributed by atoms with E-state index >= 15 is 0 Å². The zero-order valence-electron chi connectivity index (χ0n) is 5.46. The minimum atomic E-state index is -0.750. The van der Waals surface area contributed by atoms with Crippen LogP contribution < -0.4 is 0 Å². The maximum atomic E-state index is 10.4. The molecule has 1 rings (SSSR count). The zero-order valence-corrected chi connectivity index (χ0v) is 6.21. The van der Waals surface area contributed by atoms with Crippen molar-refractivity contribution in [2.24, 2.45) is 5.92 Å². The molecule has 1 aliphatic carbocycles. The number of carboxylic acids is 1.